The molecule has 6 nitrogen and oxygen atoms in total. The van der Waals surface area contributed by atoms with E-state index in [9.17, 15) is 9.59 Å². The van der Waals surface area contributed by atoms with Crippen molar-refractivity contribution in [1.82, 2.24) is 4.90 Å². The fraction of sp³-hybridized carbons (Fsp3) is 0.545. The Labute approximate surface area is 98.5 Å². The molecule has 0 bridgehead atoms. The standard InChI is InChI=1S/C11H14N2O4/c1-7-3-2-4-13(6-7)10(14)9-5-8(11(15)16)12-17-9/h3,9H,2,4-6H2,1H3,(H,15,16). The summed E-state index contributed by atoms with van der Waals surface area (Å²) in [4.78, 5) is 29.2. The quantitative estimate of drug-likeness (QED) is 0.706. The van der Waals surface area contributed by atoms with E-state index in [1.54, 1.807) is 4.90 Å². The molecule has 1 atom stereocenters. The summed E-state index contributed by atoms with van der Waals surface area (Å²) in [5.41, 5.74) is 1.05. The van der Waals surface area contributed by atoms with E-state index < -0.39 is 12.1 Å². The molecule has 0 aromatic heterocycles. The maximum Gasteiger partial charge on any atom is 0.353 e. The van der Waals surface area contributed by atoms with E-state index in [1.807, 2.05) is 6.92 Å². The zero-order valence-corrected chi connectivity index (χ0v) is 9.55. The Hall–Kier alpha value is -1.85. The number of oxime groups is 1. The Balaban J connectivity index is 1.95. The Morgan fingerprint density at radius 2 is 2.35 bits per heavy atom. The molecule has 0 aliphatic carbocycles. The van der Waals surface area contributed by atoms with Crippen molar-refractivity contribution in [3.05, 3.63) is 11.6 Å². The fourth-order valence-corrected chi connectivity index (χ4v) is 1.94. The van der Waals surface area contributed by atoms with Crippen molar-refractivity contribution in [3.63, 3.8) is 0 Å². The third-order valence-corrected chi connectivity index (χ3v) is 2.83. The van der Waals surface area contributed by atoms with E-state index in [0.717, 1.165) is 12.0 Å². The molecule has 0 aromatic rings. The second-order valence-electron chi connectivity index (χ2n) is 4.24. The van der Waals surface area contributed by atoms with E-state index in [-0.39, 0.29) is 18.0 Å². The van der Waals surface area contributed by atoms with Gasteiger partial charge in [-0.25, -0.2) is 4.79 Å². The third kappa shape index (κ3) is 2.46. The Kier molecular flexibility index (Phi) is 3.12. The number of carbonyl (C=O) groups excluding carboxylic acids is 1. The summed E-state index contributed by atoms with van der Waals surface area (Å²) >= 11 is 0. The first-order valence-electron chi connectivity index (χ1n) is 5.48. The molecule has 0 saturated heterocycles. The molecule has 0 fully saturated rings. The van der Waals surface area contributed by atoms with Crippen LogP contribution in [0.3, 0.4) is 0 Å². The number of nitrogens with zero attached hydrogens (tertiary/aromatic N) is 2. The van der Waals surface area contributed by atoms with Crippen LogP contribution in [0.25, 0.3) is 0 Å². The number of carboxylic acids is 1. The molecular weight excluding hydrogens is 224 g/mol. The number of amides is 1. The SMILES string of the molecule is CC1=CCCN(C(=O)C2CC(C(=O)O)=NO2)C1. The van der Waals surface area contributed by atoms with E-state index in [1.165, 1.54) is 0 Å². The summed E-state index contributed by atoms with van der Waals surface area (Å²) in [5, 5.41) is 12.1. The van der Waals surface area contributed by atoms with Gasteiger partial charge in [0, 0.05) is 19.5 Å². The summed E-state index contributed by atoms with van der Waals surface area (Å²) in [6.45, 7) is 3.20. The van der Waals surface area contributed by atoms with Crippen LogP contribution in [-0.4, -0.2) is 46.8 Å². The van der Waals surface area contributed by atoms with Crippen molar-refractivity contribution in [2.45, 2.75) is 25.9 Å². The maximum atomic E-state index is 12.0. The fourth-order valence-electron chi connectivity index (χ4n) is 1.94. The number of carboxylic acid groups (broad SMARTS) is 1. The molecule has 1 N–H and O–H groups in total. The first kappa shape index (κ1) is 11.6. The first-order chi connectivity index (χ1) is 8.08. The van der Waals surface area contributed by atoms with Crippen molar-refractivity contribution in [2.24, 2.45) is 5.16 Å². The topological polar surface area (TPSA) is 79.2 Å². The van der Waals surface area contributed by atoms with E-state index in [0.29, 0.717) is 13.1 Å². The normalized spacial score (nSPS) is 23.8. The maximum absolute atomic E-state index is 12.0. The second-order valence-corrected chi connectivity index (χ2v) is 4.24. The van der Waals surface area contributed by atoms with E-state index in [4.69, 9.17) is 9.94 Å². The van der Waals surface area contributed by atoms with Crippen LogP contribution in [0.1, 0.15) is 19.8 Å². The summed E-state index contributed by atoms with van der Waals surface area (Å²) < 4.78 is 0. The molecule has 1 amide bonds. The molecule has 1 unspecified atom stereocenters. The molecule has 2 heterocycles. The van der Waals surface area contributed by atoms with Gasteiger partial charge in [0.05, 0.1) is 0 Å². The molecule has 0 saturated carbocycles. The average Bonchev–Trinajstić information content (AvgIpc) is 2.77. The van der Waals surface area contributed by atoms with Crippen LogP contribution >= 0.6 is 0 Å². The highest BCUT2D eigenvalue weighted by molar-refractivity contribution is 6.36. The average molecular weight is 238 g/mol. The molecule has 17 heavy (non-hydrogen) atoms. The van der Waals surface area contributed by atoms with Crippen LogP contribution in [0.15, 0.2) is 16.8 Å². The van der Waals surface area contributed by atoms with Crippen molar-refractivity contribution < 1.29 is 19.5 Å². The highest BCUT2D eigenvalue weighted by atomic mass is 16.6. The van der Waals surface area contributed by atoms with Crippen LogP contribution < -0.4 is 0 Å². The number of aliphatic carboxylic acids is 1. The molecule has 2 aliphatic rings. The van der Waals surface area contributed by atoms with Crippen LogP contribution in [0.2, 0.25) is 0 Å². The number of carbonyl (C=O) groups is 2. The predicted molar refractivity (Wildman–Crippen MR) is 59.5 cm³/mol. The Morgan fingerprint density at radius 1 is 1.59 bits per heavy atom. The summed E-state index contributed by atoms with van der Waals surface area (Å²) in [6, 6.07) is 0. The van der Waals surface area contributed by atoms with Crippen LogP contribution in [0.5, 0.6) is 0 Å². The number of hydrogen-bond acceptors (Lipinski definition) is 4. The first-order valence-corrected chi connectivity index (χ1v) is 5.48. The number of hydrogen-bond donors (Lipinski definition) is 1. The van der Waals surface area contributed by atoms with Gasteiger partial charge in [0.2, 0.25) is 6.10 Å². The van der Waals surface area contributed by atoms with Gasteiger partial charge in [-0.1, -0.05) is 16.8 Å². The zero-order chi connectivity index (χ0) is 12.4. The minimum Gasteiger partial charge on any atom is -0.477 e. The zero-order valence-electron chi connectivity index (χ0n) is 9.55. The largest absolute Gasteiger partial charge is 0.477 e. The molecule has 92 valence electrons. The van der Waals surface area contributed by atoms with Gasteiger partial charge in [-0.15, -0.1) is 0 Å². The lowest BCUT2D eigenvalue weighted by molar-refractivity contribution is -0.141. The molecule has 6 heteroatoms. The molecular formula is C11H14N2O4. The van der Waals surface area contributed by atoms with Crippen molar-refractivity contribution in [2.75, 3.05) is 13.1 Å². The lowest BCUT2D eigenvalue weighted by Gasteiger charge is -2.27. The molecule has 0 radical (unpaired) electrons. The van der Waals surface area contributed by atoms with Gasteiger partial charge in [0.25, 0.3) is 5.91 Å². The van der Waals surface area contributed by atoms with Crippen LogP contribution in [0, 0.1) is 0 Å². The van der Waals surface area contributed by atoms with Gasteiger partial charge in [-0.2, -0.15) is 0 Å². The lowest BCUT2D eigenvalue weighted by atomic mass is 10.1. The summed E-state index contributed by atoms with van der Waals surface area (Å²) in [7, 11) is 0. The van der Waals surface area contributed by atoms with Crippen LogP contribution in [-0.2, 0) is 14.4 Å². The summed E-state index contributed by atoms with van der Waals surface area (Å²) in [6.07, 6.45) is 2.20. The van der Waals surface area contributed by atoms with Crippen molar-refractivity contribution >= 4 is 17.6 Å². The Morgan fingerprint density at radius 3 is 2.94 bits per heavy atom. The van der Waals surface area contributed by atoms with Gasteiger partial charge in [-0.3, -0.25) is 4.79 Å². The third-order valence-electron chi connectivity index (χ3n) is 2.83. The lowest BCUT2D eigenvalue weighted by Crippen LogP contribution is -2.42. The van der Waals surface area contributed by atoms with Crippen LogP contribution in [0.4, 0.5) is 0 Å². The predicted octanol–water partition coefficient (Wildman–Crippen LogP) is 0.394. The molecule has 2 aliphatic heterocycles. The van der Waals surface area contributed by atoms with Gasteiger partial charge in [-0.05, 0) is 13.3 Å². The van der Waals surface area contributed by atoms with Gasteiger partial charge in [0.15, 0.2) is 5.71 Å². The minimum absolute atomic E-state index is 0.0490. The Bertz CT molecular complexity index is 414. The van der Waals surface area contributed by atoms with Gasteiger partial charge >= 0.3 is 5.97 Å². The van der Waals surface area contributed by atoms with Crippen molar-refractivity contribution in [3.8, 4) is 0 Å². The molecule has 0 aromatic carbocycles. The van der Waals surface area contributed by atoms with Crippen molar-refractivity contribution in [1.29, 1.82) is 0 Å². The minimum atomic E-state index is -1.13. The highest BCUT2D eigenvalue weighted by Gasteiger charge is 2.34. The molecule has 2 rings (SSSR count). The summed E-state index contributed by atoms with van der Waals surface area (Å²) in [5.74, 6) is -1.31. The number of rotatable bonds is 2. The molecule has 0 spiro atoms. The highest BCUT2D eigenvalue weighted by Crippen LogP contribution is 2.17. The van der Waals surface area contributed by atoms with Gasteiger partial charge in [0.1, 0.15) is 0 Å². The van der Waals surface area contributed by atoms with E-state index >= 15 is 0 Å². The van der Waals surface area contributed by atoms with Gasteiger partial charge < -0.3 is 14.8 Å². The van der Waals surface area contributed by atoms with E-state index in [2.05, 4.69) is 11.2 Å². The monoisotopic (exact) mass is 238 g/mol. The smallest absolute Gasteiger partial charge is 0.353 e. The second kappa shape index (κ2) is 4.57.